The largest absolute Gasteiger partial charge is 0.230 e. The van der Waals surface area contributed by atoms with Crippen molar-refractivity contribution in [1.82, 2.24) is 4.98 Å². The Hall–Kier alpha value is -0.800. The maximum Gasteiger partial charge on any atom is 0.151 e. The van der Waals surface area contributed by atoms with Crippen molar-refractivity contribution in [2.24, 2.45) is 0 Å². The molecule has 0 aliphatic rings. The zero-order valence-corrected chi connectivity index (χ0v) is 8.57. The molecular weight excluding hydrogens is 198 g/mol. The standard InChI is InChI=1S/C10H8NS2/c1-2-7-12-10-11-8-5-3-4-6-9(8)13-10/h2-7H,1H2. The van der Waals surface area contributed by atoms with Crippen LogP contribution in [0.4, 0.5) is 0 Å². The molecule has 0 spiro atoms. The summed E-state index contributed by atoms with van der Waals surface area (Å²) in [6, 6.07) is 8.16. The molecule has 3 heteroatoms. The van der Waals surface area contributed by atoms with Gasteiger partial charge in [0.2, 0.25) is 0 Å². The van der Waals surface area contributed by atoms with E-state index < -0.39 is 0 Å². The highest BCUT2D eigenvalue weighted by atomic mass is 32.2. The summed E-state index contributed by atoms with van der Waals surface area (Å²) in [5, 5.41) is 0. The fourth-order valence-electron chi connectivity index (χ4n) is 1.01. The third-order valence-corrected chi connectivity index (χ3v) is 3.53. The van der Waals surface area contributed by atoms with Crippen LogP contribution in [-0.4, -0.2) is 4.98 Å². The maximum atomic E-state index is 4.45. The van der Waals surface area contributed by atoms with Crippen LogP contribution in [0.3, 0.4) is 0 Å². The number of benzene rings is 1. The van der Waals surface area contributed by atoms with E-state index in [1.165, 1.54) is 4.70 Å². The van der Waals surface area contributed by atoms with Crippen molar-refractivity contribution in [2.75, 3.05) is 0 Å². The zero-order chi connectivity index (χ0) is 9.10. The van der Waals surface area contributed by atoms with E-state index >= 15 is 0 Å². The molecule has 1 heterocycles. The highest BCUT2D eigenvalue weighted by Crippen LogP contribution is 2.30. The first-order chi connectivity index (χ1) is 6.40. The number of rotatable bonds is 3. The Morgan fingerprint density at radius 2 is 2.23 bits per heavy atom. The van der Waals surface area contributed by atoms with Gasteiger partial charge >= 0.3 is 0 Å². The second-order valence-corrected chi connectivity index (χ2v) is 4.62. The Morgan fingerprint density at radius 1 is 1.38 bits per heavy atom. The van der Waals surface area contributed by atoms with E-state index in [1.807, 2.05) is 24.0 Å². The van der Waals surface area contributed by atoms with Crippen molar-refractivity contribution in [3.05, 3.63) is 42.7 Å². The Bertz CT molecular complexity index is 387. The van der Waals surface area contributed by atoms with Crippen LogP contribution in [0, 0.1) is 5.75 Å². The Kier molecular flexibility index (Phi) is 2.66. The smallest absolute Gasteiger partial charge is 0.151 e. The lowest BCUT2D eigenvalue weighted by Crippen LogP contribution is -1.66. The topological polar surface area (TPSA) is 12.9 Å². The monoisotopic (exact) mass is 206 g/mol. The van der Waals surface area contributed by atoms with E-state index in [9.17, 15) is 0 Å². The van der Waals surface area contributed by atoms with Gasteiger partial charge in [-0.2, -0.15) is 0 Å². The molecule has 0 amide bonds. The molecule has 0 bridgehead atoms. The van der Waals surface area contributed by atoms with Gasteiger partial charge in [0.25, 0.3) is 0 Å². The molecule has 2 rings (SSSR count). The number of nitrogens with zero attached hydrogens (tertiary/aromatic N) is 1. The van der Waals surface area contributed by atoms with E-state index in [2.05, 4.69) is 17.6 Å². The molecule has 0 fully saturated rings. The molecule has 0 saturated heterocycles. The van der Waals surface area contributed by atoms with Crippen LogP contribution in [0.15, 0.2) is 41.3 Å². The average Bonchev–Trinajstić information content (AvgIpc) is 2.57. The van der Waals surface area contributed by atoms with Crippen LogP contribution >= 0.6 is 23.1 Å². The molecule has 0 atom stereocenters. The summed E-state index contributed by atoms with van der Waals surface area (Å²) in [7, 11) is 0. The normalized spacial score (nSPS) is 10.5. The number of aromatic nitrogens is 1. The minimum Gasteiger partial charge on any atom is -0.230 e. The van der Waals surface area contributed by atoms with E-state index in [-0.39, 0.29) is 0 Å². The van der Waals surface area contributed by atoms with Crippen molar-refractivity contribution < 1.29 is 0 Å². The Balaban J connectivity index is 2.32. The second-order valence-electron chi connectivity index (χ2n) is 2.44. The number of thiazole rings is 1. The predicted molar refractivity (Wildman–Crippen MR) is 60.0 cm³/mol. The van der Waals surface area contributed by atoms with Gasteiger partial charge in [0.15, 0.2) is 4.34 Å². The molecule has 0 unspecified atom stereocenters. The highest BCUT2D eigenvalue weighted by Gasteiger charge is 2.01. The Morgan fingerprint density at radius 3 is 3.00 bits per heavy atom. The highest BCUT2D eigenvalue weighted by molar-refractivity contribution is 8.03. The number of thioether (sulfide) groups is 1. The fourth-order valence-corrected chi connectivity index (χ4v) is 2.70. The summed E-state index contributed by atoms with van der Waals surface area (Å²) in [6.07, 6.45) is 1.77. The van der Waals surface area contributed by atoms with Gasteiger partial charge in [-0.25, -0.2) is 4.98 Å². The van der Waals surface area contributed by atoms with E-state index in [0.717, 1.165) is 9.86 Å². The van der Waals surface area contributed by atoms with Crippen LogP contribution in [0.1, 0.15) is 0 Å². The van der Waals surface area contributed by atoms with Gasteiger partial charge in [0.05, 0.1) is 10.2 Å². The van der Waals surface area contributed by atoms with Crippen LogP contribution in [0.2, 0.25) is 0 Å². The number of para-hydroxylation sites is 1. The van der Waals surface area contributed by atoms with Gasteiger partial charge in [-0.05, 0) is 12.1 Å². The number of hydrogen-bond donors (Lipinski definition) is 0. The van der Waals surface area contributed by atoms with Crippen molar-refractivity contribution in [3.8, 4) is 0 Å². The summed E-state index contributed by atoms with van der Waals surface area (Å²) in [6.45, 7) is 3.63. The third-order valence-electron chi connectivity index (χ3n) is 1.54. The number of hydrogen-bond acceptors (Lipinski definition) is 3. The molecule has 1 radical (unpaired) electrons. The first-order valence-electron chi connectivity index (χ1n) is 3.86. The average molecular weight is 206 g/mol. The summed E-state index contributed by atoms with van der Waals surface area (Å²) < 4.78 is 2.31. The van der Waals surface area contributed by atoms with Crippen molar-refractivity contribution in [3.63, 3.8) is 0 Å². The van der Waals surface area contributed by atoms with Crippen LogP contribution in [-0.2, 0) is 0 Å². The lowest BCUT2D eigenvalue weighted by atomic mass is 10.3. The van der Waals surface area contributed by atoms with Crippen LogP contribution in [0.5, 0.6) is 0 Å². The molecular formula is C10H8NS2. The number of fused-ring (bicyclic) bond motifs is 1. The molecule has 1 aromatic carbocycles. The van der Waals surface area contributed by atoms with Gasteiger partial charge in [-0.1, -0.05) is 30.0 Å². The molecule has 65 valence electrons. The minimum atomic E-state index is 1.07. The lowest BCUT2D eigenvalue weighted by molar-refractivity contribution is 1.31. The third kappa shape index (κ3) is 1.92. The lowest BCUT2D eigenvalue weighted by Gasteiger charge is -1.85. The van der Waals surface area contributed by atoms with Gasteiger partial charge in [0, 0.05) is 5.75 Å². The van der Waals surface area contributed by atoms with E-state index in [1.54, 1.807) is 29.2 Å². The van der Waals surface area contributed by atoms with Gasteiger partial charge in [-0.3, -0.25) is 0 Å². The summed E-state index contributed by atoms with van der Waals surface area (Å²) >= 11 is 3.32. The molecule has 0 saturated carbocycles. The predicted octanol–water partition coefficient (Wildman–Crippen LogP) is 3.74. The van der Waals surface area contributed by atoms with E-state index in [0.29, 0.717) is 0 Å². The SMILES string of the molecule is C=C[CH]Sc1nc2ccccc2s1. The summed E-state index contributed by atoms with van der Waals surface area (Å²) in [5.41, 5.74) is 1.08. The maximum absolute atomic E-state index is 4.45. The fraction of sp³-hybridized carbons (Fsp3) is 0. The van der Waals surface area contributed by atoms with Gasteiger partial charge in [-0.15, -0.1) is 17.9 Å². The van der Waals surface area contributed by atoms with Crippen molar-refractivity contribution >= 4 is 33.3 Å². The summed E-state index contributed by atoms with van der Waals surface area (Å²) in [5.74, 6) is 1.94. The van der Waals surface area contributed by atoms with E-state index in [4.69, 9.17) is 0 Å². The first kappa shape index (κ1) is 8.78. The van der Waals surface area contributed by atoms with Gasteiger partial charge in [0.1, 0.15) is 0 Å². The Labute approximate surface area is 85.5 Å². The molecule has 2 aromatic rings. The van der Waals surface area contributed by atoms with Crippen molar-refractivity contribution in [1.29, 1.82) is 0 Å². The molecule has 13 heavy (non-hydrogen) atoms. The van der Waals surface area contributed by atoms with Crippen LogP contribution in [0.25, 0.3) is 10.2 Å². The van der Waals surface area contributed by atoms with Crippen molar-refractivity contribution in [2.45, 2.75) is 4.34 Å². The molecule has 0 aliphatic carbocycles. The minimum absolute atomic E-state index is 1.07. The molecule has 0 aliphatic heterocycles. The first-order valence-corrected chi connectivity index (χ1v) is 5.56. The molecule has 1 nitrogen and oxygen atoms in total. The van der Waals surface area contributed by atoms with Crippen LogP contribution < -0.4 is 0 Å². The summed E-state index contributed by atoms with van der Waals surface area (Å²) in [4.78, 5) is 4.45. The molecule has 1 aromatic heterocycles. The quantitative estimate of drug-likeness (QED) is 0.710. The van der Waals surface area contributed by atoms with Gasteiger partial charge < -0.3 is 0 Å². The second kappa shape index (κ2) is 3.94. The zero-order valence-electron chi connectivity index (χ0n) is 6.93. The molecule has 0 N–H and O–H groups in total.